The summed E-state index contributed by atoms with van der Waals surface area (Å²) in [6.45, 7) is 1.87. The molecule has 2 aromatic carbocycles. The minimum absolute atomic E-state index is 0.0632. The highest BCUT2D eigenvalue weighted by Gasteiger charge is 2.46. The summed E-state index contributed by atoms with van der Waals surface area (Å²) in [6, 6.07) is 12.7. The van der Waals surface area contributed by atoms with Crippen molar-refractivity contribution in [2.45, 2.75) is 19.8 Å². The molecule has 0 bridgehead atoms. The van der Waals surface area contributed by atoms with Crippen LogP contribution in [0.4, 0.5) is 5.69 Å². The van der Waals surface area contributed by atoms with Gasteiger partial charge in [-0.15, -0.1) is 0 Å². The average Bonchev–Trinajstić information content (AvgIpc) is 3.34. The Balaban J connectivity index is 1.66. The van der Waals surface area contributed by atoms with E-state index in [1.165, 1.54) is 6.07 Å². The van der Waals surface area contributed by atoms with Crippen molar-refractivity contribution in [1.82, 2.24) is 0 Å². The third-order valence-corrected chi connectivity index (χ3v) is 4.08. The SMILES string of the molecule is CC1(C(=O)Oc2cccc(OC(=O)c3ccc(N=C(N)N)cc3)c2)CC1. The summed E-state index contributed by atoms with van der Waals surface area (Å²) in [5.41, 5.74) is 11.1. The molecule has 2 aromatic rings. The Morgan fingerprint density at radius 2 is 1.62 bits per heavy atom. The van der Waals surface area contributed by atoms with E-state index in [0.717, 1.165) is 12.8 Å². The molecule has 1 fully saturated rings. The molecule has 134 valence electrons. The molecule has 3 rings (SSSR count). The summed E-state index contributed by atoms with van der Waals surface area (Å²) in [5, 5.41) is 0. The van der Waals surface area contributed by atoms with Crippen LogP contribution in [0.3, 0.4) is 0 Å². The van der Waals surface area contributed by atoms with Crippen LogP contribution in [0.25, 0.3) is 0 Å². The van der Waals surface area contributed by atoms with Crippen LogP contribution in [-0.4, -0.2) is 17.9 Å². The number of benzene rings is 2. The van der Waals surface area contributed by atoms with E-state index < -0.39 is 5.97 Å². The lowest BCUT2D eigenvalue weighted by Gasteiger charge is -2.10. The van der Waals surface area contributed by atoms with Gasteiger partial charge in [0, 0.05) is 6.07 Å². The number of esters is 2. The van der Waals surface area contributed by atoms with Gasteiger partial charge in [0.15, 0.2) is 5.96 Å². The highest BCUT2D eigenvalue weighted by atomic mass is 16.5. The number of hydrogen-bond acceptors (Lipinski definition) is 5. The number of nitrogens with zero attached hydrogens (tertiary/aromatic N) is 1. The number of nitrogens with two attached hydrogens (primary N) is 2. The highest BCUT2D eigenvalue weighted by molar-refractivity contribution is 5.91. The maximum Gasteiger partial charge on any atom is 0.343 e. The first-order valence-electron chi connectivity index (χ1n) is 8.10. The topological polar surface area (TPSA) is 117 Å². The molecule has 0 radical (unpaired) electrons. The summed E-state index contributed by atoms with van der Waals surface area (Å²) in [4.78, 5) is 28.1. The first kappa shape index (κ1) is 17.5. The van der Waals surface area contributed by atoms with Gasteiger partial charge < -0.3 is 20.9 Å². The van der Waals surface area contributed by atoms with E-state index in [4.69, 9.17) is 20.9 Å². The summed E-state index contributed by atoms with van der Waals surface area (Å²) >= 11 is 0. The summed E-state index contributed by atoms with van der Waals surface area (Å²) < 4.78 is 10.7. The van der Waals surface area contributed by atoms with Crippen molar-refractivity contribution in [2.24, 2.45) is 21.9 Å². The van der Waals surface area contributed by atoms with Crippen LogP contribution in [0.2, 0.25) is 0 Å². The fourth-order valence-electron chi connectivity index (χ4n) is 2.21. The maximum atomic E-state index is 12.2. The zero-order chi connectivity index (χ0) is 18.7. The predicted molar refractivity (Wildman–Crippen MR) is 96.3 cm³/mol. The van der Waals surface area contributed by atoms with Gasteiger partial charge >= 0.3 is 11.9 Å². The molecule has 7 nitrogen and oxygen atoms in total. The Kier molecular flexibility index (Phi) is 4.62. The molecule has 0 amide bonds. The highest BCUT2D eigenvalue weighted by Crippen LogP contribution is 2.46. The molecule has 1 saturated carbocycles. The van der Waals surface area contributed by atoms with E-state index in [9.17, 15) is 9.59 Å². The van der Waals surface area contributed by atoms with Crippen LogP contribution < -0.4 is 20.9 Å². The Morgan fingerprint density at radius 1 is 1.00 bits per heavy atom. The number of carbonyl (C=O) groups is 2. The van der Waals surface area contributed by atoms with Crippen molar-refractivity contribution in [3.8, 4) is 11.5 Å². The van der Waals surface area contributed by atoms with E-state index >= 15 is 0 Å². The van der Waals surface area contributed by atoms with Gasteiger partial charge in [0.1, 0.15) is 11.5 Å². The van der Waals surface area contributed by atoms with Crippen molar-refractivity contribution in [3.63, 3.8) is 0 Å². The monoisotopic (exact) mass is 353 g/mol. The molecule has 0 heterocycles. The molecule has 0 atom stereocenters. The first-order valence-corrected chi connectivity index (χ1v) is 8.10. The summed E-state index contributed by atoms with van der Waals surface area (Å²) in [7, 11) is 0. The van der Waals surface area contributed by atoms with Crippen molar-refractivity contribution >= 4 is 23.6 Å². The van der Waals surface area contributed by atoms with Gasteiger partial charge in [0.2, 0.25) is 0 Å². The quantitative estimate of drug-likeness (QED) is 0.369. The third-order valence-electron chi connectivity index (χ3n) is 4.08. The summed E-state index contributed by atoms with van der Waals surface area (Å²) in [6.07, 6.45) is 1.66. The van der Waals surface area contributed by atoms with Crippen LogP contribution in [0.15, 0.2) is 53.5 Å². The molecular formula is C19H19N3O4. The largest absolute Gasteiger partial charge is 0.426 e. The smallest absolute Gasteiger partial charge is 0.343 e. The molecule has 1 aliphatic carbocycles. The van der Waals surface area contributed by atoms with Crippen LogP contribution in [-0.2, 0) is 4.79 Å². The van der Waals surface area contributed by atoms with Crippen LogP contribution in [0, 0.1) is 5.41 Å². The van der Waals surface area contributed by atoms with E-state index in [1.807, 2.05) is 6.92 Å². The number of hydrogen-bond donors (Lipinski definition) is 2. The van der Waals surface area contributed by atoms with E-state index in [2.05, 4.69) is 4.99 Å². The maximum absolute atomic E-state index is 12.2. The Morgan fingerprint density at radius 3 is 2.19 bits per heavy atom. The van der Waals surface area contributed by atoms with E-state index in [1.54, 1.807) is 42.5 Å². The molecule has 0 aromatic heterocycles. The zero-order valence-corrected chi connectivity index (χ0v) is 14.3. The minimum atomic E-state index is -0.543. The van der Waals surface area contributed by atoms with Crippen LogP contribution in [0.5, 0.6) is 11.5 Å². The zero-order valence-electron chi connectivity index (χ0n) is 14.3. The van der Waals surface area contributed by atoms with Gasteiger partial charge in [0.25, 0.3) is 0 Å². The van der Waals surface area contributed by atoms with Crippen molar-refractivity contribution in [1.29, 1.82) is 0 Å². The second-order valence-corrected chi connectivity index (χ2v) is 6.40. The number of aliphatic imine (C=N–C) groups is 1. The van der Waals surface area contributed by atoms with Gasteiger partial charge in [-0.25, -0.2) is 9.79 Å². The van der Waals surface area contributed by atoms with Gasteiger partial charge in [-0.05, 0) is 56.2 Å². The first-order chi connectivity index (χ1) is 12.4. The van der Waals surface area contributed by atoms with Crippen molar-refractivity contribution in [2.75, 3.05) is 0 Å². The van der Waals surface area contributed by atoms with Gasteiger partial charge in [-0.3, -0.25) is 4.79 Å². The number of guanidine groups is 1. The molecule has 1 aliphatic rings. The lowest BCUT2D eigenvalue weighted by atomic mass is 10.1. The lowest BCUT2D eigenvalue weighted by molar-refractivity contribution is -0.139. The molecule has 4 N–H and O–H groups in total. The fourth-order valence-corrected chi connectivity index (χ4v) is 2.21. The van der Waals surface area contributed by atoms with Crippen molar-refractivity contribution in [3.05, 3.63) is 54.1 Å². The second-order valence-electron chi connectivity index (χ2n) is 6.40. The van der Waals surface area contributed by atoms with Gasteiger partial charge in [-0.1, -0.05) is 6.07 Å². The minimum Gasteiger partial charge on any atom is -0.426 e. The molecule has 7 heteroatoms. The number of rotatable bonds is 5. The molecule has 26 heavy (non-hydrogen) atoms. The number of carbonyl (C=O) groups excluding carboxylic acids is 2. The van der Waals surface area contributed by atoms with Gasteiger partial charge in [0.05, 0.1) is 16.7 Å². The normalized spacial score (nSPS) is 14.2. The van der Waals surface area contributed by atoms with E-state index in [-0.39, 0.29) is 23.1 Å². The molecule has 0 saturated heterocycles. The Hall–Kier alpha value is -3.35. The Labute approximate surface area is 150 Å². The van der Waals surface area contributed by atoms with Crippen molar-refractivity contribution < 1.29 is 19.1 Å². The molecular weight excluding hydrogens is 334 g/mol. The standard InChI is InChI=1S/C19H19N3O4/c1-19(9-10-19)17(24)26-15-4-2-3-14(11-15)25-16(23)12-5-7-13(8-6-12)22-18(20)21/h2-8,11H,9-10H2,1H3,(H4,20,21,22). The van der Waals surface area contributed by atoms with Gasteiger partial charge in [-0.2, -0.15) is 0 Å². The fraction of sp³-hybridized carbons (Fsp3) is 0.211. The Bertz CT molecular complexity index is 867. The van der Waals surface area contributed by atoms with Crippen LogP contribution >= 0.6 is 0 Å². The van der Waals surface area contributed by atoms with E-state index in [0.29, 0.717) is 17.0 Å². The summed E-state index contributed by atoms with van der Waals surface area (Å²) in [5.74, 6) is -0.243. The second kappa shape index (κ2) is 6.87. The molecule has 0 spiro atoms. The lowest BCUT2D eigenvalue weighted by Crippen LogP contribution is -2.21. The molecule has 0 aliphatic heterocycles. The molecule has 0 unspecified atom stereocenters. The average molecular weight is 353 g/mol. The number of ether oxygens (including phenoxy) is 2. The van der Waals surface area contributed by atoms with Crippen LogP contribution in [0.1, 0.15) is 30.1 Å². The third kappa shape index (κ3) is 4.18. The predicted octanol–water partition coefficient (Wildman–Crippen LogP) is 2.52.